The Morgan fingerprint density at radius 1 is 1.58 bits per heavy atom. The van der Waals surface area contributed by atoms with Crippen LogP contribution in [-0.2, 0) is 0 Å². The molecule has 0 spiro atoms. The summed E-state index contributed by atoms with van der Waals surface area (Å²) in [6.07, 6.45) is 1.84. The molecule has 0 saturated carbocycles. The summed E-state index contributed by atoms with van der Waals surface area (Å²) in [4.78, 5) is 8.43. The third-order valence-corrected chi connectivity index (χ3v) is 2.10. The molecule has 2 aliphatic rings. The van der Waals surface area contributed by atoms with Crippen molar-refractivity contribution < 1.29 is 0 Å². The van der Waals surface area contributed by atoms with Gasteiger partial charge in [-0.2, -0.15) is 0 Å². The molecular formula is C7H13N5. The number of fused-ring (bicyclic) bond motifs is 1. The molecule has 66 valence electrons. The van der Waals surface area contributed by atoms with Gasteiger partial charge < -0.3 is 11.1 Å². The minimum Gasteiger partial charge on any atom is -0.367 e. The second-order valence-electron chi connectivity index (χ2n) is 2.98. The van der Waals surface area contributed by atoms with Crippen LogP contribution in [-0.4, -0.2) is 43.9 Å². The molecule has 0 aromatic carbocycles. The molecule has 2 atom stereocenters. The Morgan fingerprint density at radius 2 is 2.50 bits per heavy atom. The van der Waals surface area contributed by atoms with Crippen LogP contribution in [0.25, 0.3) is 0 Å². The number of nitrogens with two attached hydrogens (primary N) is 1. The van der Waals surface area contributed by atoms with E-state index in [-0.39, 0.29) is 12.1 Å². The van der Waals surface area contributed by atoms with Gasteiger partial charge in [0.1, 0.15) is 5.84 Å². The van der Waals surface area contributed by atoms with Crippen LogP contribution in [0, 0.1) is 0 Å². The number of nitrogens with zero attached hydrogens (tertiary/aromatic N) is 2. The first-order valence-corrected chi connectivity index (χ1v) is 4.13. The summed E-state index contributed by atoms with van der Waals surface area (Å²) in [7, 11) is 0. The summed E-state index contributed by atoms with van der Waals surface area (Å²) in [5.74, 6) is 0.980. The quantitative estimate of drug-likeness (QED) is 0.403. The molecule has 0 aliphatic carbocycles. The van der Waals surface area contributed by atoms with E-state index < -0.39 is 0 Å². The second-order valence-corrected chi connectivity index (χ2v) is 2.98. The van der Waals surface area contributed by atoms with E-state index in [1.54, 1.807) is 0 Å². The van der Waals surface area contributed by atoms with Gasteiger partial charge in [-0.05, 0) is 0 Å². The molecule has 4 N–H and O–H groups in total. The fraction of sp³-hybridized carbons (Fsp3) is 0.714. The summed E-state index contributed by atoms with van der Waals surface area (Å²) in [6.45, 7) is 2.10. The minimum absolute atomic E-state index is 0.0373. The van der Waals surface area contributed by atoms with Gasteiger partial charge in [-0.15, -0.1) is 0 Å². The maximum atomic E-state index is 5.89. The molecule has 0 saturated heterocycles. The molecule has 2 heterocycles. The van der Waals surface area contributed by atoms with E-state index >= 15 is 0 Å². The van der Waals surface area contributed by atoms with E-state index in [0.29, 0.717) is 13.2 Å². The van der Waals surface area contributed by atoms with Crippen molar-refractivity contribution in [2.45, 2.75) is 12.1 Å². The molecule has 0 aromatic rings. The number of hydrogen-bond donors (Lipinski definition) is 3. The third-order valence-electron chi connectivity index (χ3n) is 2.10. The van der Waals surface area contributed by atoms with Gasteiger partial charge in [-0.25, -0.2) is 0 Å². The van der Waals surface area contributed by atoms with Gasteiger partial charge in [0, 0.05) is 12.3 Å². The second kappa shape index (κ2) is 3.20. The molecule has 2 aliphatic heterocycles. The van der Waals surface area contributed by atoms with Crippen LogP contribution < -0.4 is 16.4 Å². The molecule has 0 radical (unpaired) electrons. The summed E-state index contributed by atoms with van der Waals surface area (Å²) >= 11 is 0. The van der Waals surface area contributed by atoms with Crippen molar-refractivity contribution in [3.05, 3.63) is 0 Å². The van der Waals surface area contributed by atoms with Gasteiger partial charge in [-0.1, -0.05) is 0 Å². The van der Waals surface area contributed by atoms with E-state index in [9.17, 15) is 0 Å². The van der Waals surface area contributed by atoms with Crippen LogP contribution in [0.1, 0.15) is 0 Å². The van der Waals surface area contributed by atoms with Gasteiger partial charge in [0.25, 0.3) is 0 Å². The lowest BCUT2D eigenvalue weighted by molar-refractivity contribution is 0.547. The van der Waals surface area contributed by atoms with E-state index in [1.165, 1.54) is 0 Å². The zero-order chi connectivity index (χ0) is 8.39. The van der Waals surface area contributed by atoms with Crippen molar-refractivity contribution in [1.82, 2.24) is 10.6 Å². The highest BCUT2D eigenvalue weighted by atomic mass is 15.2. The molecule has 5 nitrogen and oxygen atoms in total. The van der Waals surface area contributed by atoms with Crippen molar-refractivity contribution in [3.63, 3.8) is 0 Å². The van der Waals surface area contributed by atoms with Gasteiger partial charge in [0.15, 0.2) is 0 Å². The number of amidine groups is 1. The highest BCUT2D eigenvalue weighted by Gasteiger charge is 2.26. The van der Waals surface area contributed by atoms with Crippen LogP contribution in [0.3, 0.4) is 0 Å². The SMILES string of the molecule is NC1CN=CCNC2=NCNC21. The lowest BCUT2D eigenvalue weighted by Crippen LogP contribution is -2.53. The topological polar surface area (TPSA) is 74.8 Å². The Kier molecular flexibility index (Phi) is 2.05. The molecule has 0 fully saturated rings. The van der Waals surface area contributed by atoms with Crippen LogP contribution in [0.15, 0.2) is 9.98 Å². The number of hydrogen-bond acceptors (Lipinski definition) is 5. The predicted octanol–water partition coefficient (Wildman–Crippen LogP) is -1.68. The fourth-order valence-electron chi connectivity index (χ4n) is 1.46. The fourth-order valence-corrected chi connectivity index (χ4v) is 1.46. The van der Waals surface area contributed by atoms with Gasteiger partial charge in [0.2, 0.25) is 0 Å². The molecule has 0 aromatic heterocycles. The standard InChI is InChI=1S/C7H13N5/c8-5-3-9-1-2-10-7-6(5)11-4-12-7/h1,5-6,11H,2-4,8H2,(H,10,12). The Balaban J connectivity index is 2.13. The van der Waals surface area contributed by atoms with E-state index in [2.05, 4.69) is 20.6 Å². The van der Waals surface area contributed by atoms with Gasteiger partial charge >= 0.3 is 0 Å². The zero-order valence-electron chi connectivity index (χ0n) is 6.83. The van der Waals surface area contributed by atoms with Gasteiger partial charge in [-0.3, -0.25) is 15.3 Å². The first-order valence-electron chi connectivity index (χ1n) is 4.13. The van der Waals surface area contributed by atoms with Crippen LogP contribution in [0.5, 0.6) is 0 Å². The van der Waals surface area contributed by atoms with Crippen LogP contribution in [0.2, 0.25) is 0 Å². The molecule has 0 bridgehead atoms. The smallest absolute Gasteiger partial charge is 0.117 e. The van der Waals surface area contributed by atoms with E-state index in [4.69, 9.17) is 5.73 Å². The first-order chi connectivity index (χ1) is 5.88. The third kappa shape index (κ3) is 1.33. The Hall–Kier alpha value is -0.940. The predicted molar refractivity (Wildman–Crippen MR) is 48.6 cm³/mol. The van der Waals surface area contributed by atoms with Crippen molar-refractivity contribution >= 4 is 12.1 Å². The average molecular weight is 167 g/mol. The van der Waals surface area contributed by atoms with Crippen LogP contribution >= 0.6 is 0 Å². The van der Waals surface area contributed by atoms with E-state index in [0.717, 1.165) is 12.4 Å². The van der Waals surface area contributed by atoms with Crippen molar-refractivity contribution in [2.24, 2.45) is 15.7 Å². The summed E-state index contributed by atoms with van der Waals surface area (Å²) in [6, 6.07) is 0.206. The molecule has 5 heteroatoms. The first kappa shape index (κ1) is 7.70. The monoisotopic (exact) mass is 167 g/mol. The van der Waals surface area contributed by atoms with Crippen molar-refractivity contribution in [2.75, 3.05) is 19.8 Å². The number of rotatable bonds is 0. The van der Waals surface area contributed by atoms with Crippen molar-refractivity contribution in [1.29, 1.82) is 0 Å². The molecular weight excluding hydrogens is 154 g/mol. The Labute approximate surface area is 71.1 Å². The van der Waals surface area contributed by atoms with E-state index in [1.807, 2.05) is 6.21 Å². The largest absolute Gasteiger partial charge is 0.367 e. The molecule has 2 rings (SSSR count). The summed E-state index contributed by atoms with van der Waals surface area (Å²) in [5.41, 5.74) is 5.89. The number of nitrogens with one attached hydrogen (secondary N) is 2. The molecule has 0 amide bonds. The summed E-state index contributed by atoms with van der Waals surface area (Å²) < 4.78 is 0. The zero-order valence-corrected chi connectivity index (χ0v) is 6.83. The summed E-state index contributed by atoms with van der Waals surface area (Å²) in [5, 5.41) is 6.38. The highest BCUT2D eigenvalue weighted by Crippen LogP contribution is 2.01. The Morgan fingerprint density at radius 3 is 3.42 bits per heavy atom. The van der Waals surface area contributed by atoms with Gasteiger partial charge in [0.05, 0.1) is 25.8 Å². The highest BCUT2D eigenvalue weighted by molar-refractivity contribution is 5.91. The van der Waals surface area contributed by atoms with Crippen molar-refractivity contribution in [3.8, 4) is 0 Å². The molecule has 12 heavy (non-hydrogen) atoms. The lowest BCUT2D eigenvalue weighted by Gasteiger charge is -2.21. The normalized spacial score (nSPS) is 34.6. The maximum absolute atomic E-state index is 5.89. The average Bonchev–Trinajstić information content (AvgIpc) is 2.47. The van der Waals surface area contributed by atoms with Crippen LogP contribution in [0.4, 0.5) is 0 Å². The molecule has 2 unspecified atom stereocenters. The maximum Gasteiger partial charge on any atom is 0.117 e. The Bertz CT molecular complexity index is 222. The lowest BCUT2D eigenvalue weighted by atomic mass is 10.1. The minimum atomic E-state index is 0.0373. The number of aliphatic imine (C=N–C) groups is 2.